The van der Waals surface area contributed by atoms with Crippen LogP contribution in [0.4, 0.5) is 0 Å². The molecule has 4 nitrogen and oxygen atoms in total. The summed E-state index contributed by atoms with van der Waals surface area (Å²) in [5.74, 6) is 0.0529. The smallest absolute Gasteiger partial charge is 0.251 e. The normalized spacial score (nSPS) is 22.5. The van der Waals surface area contributed by atoms with E-state index in [0.717, 1.165) is 49.8 Å². The maximum absolute atomic E-state index is 12.4. The molecular formula is C16H25N3O. The van der Waals surface area contributed by atoms with Gasteiger partial charge in [0, 0.05) is 17.6 Å². The van der Waals surface area contributed by atoms with E-state index in [1.54, 1.807) is 0 Å². The lowest BCUT2D eigenvalue weighted by Crippen LogP contribution is -2.40. The van der Waals surface area contributed by atoms with Crippen LogP contribution < -0.4 is 16.4 Å². The molecule has 0 spiro atoms. The first-order valence-corrected chi connectivity index (χ1v) is 7.49. The molecule has 0 bridgehead atoms. The van der Waals surface area contributed by atoms with Crippen LogP contribution >= 0.6 is 0 Å². The highest BCUT2D eigenvalue weighted by molar-refractivity contribution is 5.95. The largest absolute Gasteiger partial charge is 0.349 e. The fourth-order valence-corrected chi connectivity index (χ4v) is 2.75. The highest BCUT2D eigenvalue weighted by Crippen LogP contribution is 2.18. The molecule has 0 unspecified atom stereocenters. The topological polar surface area (TPSA) is 67.2 Å². The Labute approximate surface area is 121 Å². The van der Waals surface area contributed by atoms with Gasteiger partial charge >= 0.3 is 0 Å². The quantitative estimate of drug-likeness (QED) is 0.762. The Kier molecular flexibility index (Phi) is 5.56. The maximum atomic E-state index is 12.4. The van der Waals surface area contributed by atoms with E-state index in [1.165, 1.54) is 0 Å². The molecule has 1 fully saturated rings. The molecule has 0 radical (unpaired) electrons. The first kappa shape index (κ1) is 15.0. The van der Waals surface area contributed by atoms with Crippen LogP contribution in [0.15, 0.2) is 24.3 Å². The van der Waals surface area contributed by atoms with E-state index in [2.05, 4.69) is 10.6 Å². The van der Waals surface area contributed by atoms with E-state index in [-0.39, 0.29) is 11.9 Å². The third kappa shape index (κ3) is 4.05. The van der Waals surface area contributed by atoms with E-state index in [1.807, 2.05) is 31.3 Å². The number of hydrogen-bond acceptors (Lipinski definition) is 3. The Morgan fingerprint density at radius 3 is 2.65 bits per heavy atom. The number of nitrogens with two attached hydrogens (primary N) is 1. The molecule has 0 atom stereocenters. The SMILES string of the molecule is CNCCc1ccccc1C(=O)NC1CCC(N)CC1. The zero-order valence-electron chi connectivity index (χ0n) is 12.2. The number of amides is 1. The summed E-state index contributed by atoms with van der Waals surface area (Å²) in [5.41, 5.74) is 7.81. The third-order valence-corrected chi connectivity index (χ3v) is 4.01. The van der Waals surface area contributed by atoms with E-state index in [0.29, 0.717) is 6.04 Å². The number of carbonyl (C=O) groups is 1. The van der Waals surface area contributed by atoms with Gasteiger partial charge in [-0.15, -0.1) is 0 Å². The monoisotopic (exact) mass is 275 g/mol. The van der Waals surface area contributed by atoms with Crippen molar-refractivity contribution in [2.24, 2.45) is 5.73 Å². The summed E-state index contributed by atoms with van der Waals surface area (Å²) in [6.07, 6.45) is 4.87. The highest BCUT2D eigenvalue weighted by atomic mass is 16.1. The van der Waals surface area contributed by atoms with Crippen LogP contribution in [0, 0.1) is 0 Å². The molecule has 0 aromatic heterocycles. The van der Waals surface area contributed by atoms with Crippen LogP contribution in [-0.2, 0) is 6.42 Å². The molecule has 0 aliphatic heterocycles. The minimum absolute atomic E-state index is 0.0529. The number of likely N-dealkylation sites (N-methyl/N-ethyl adjacent to an activating group) is 1. The Hall–Kier alpha value is -1.39. The fourth-order valence-electron chi connectivity index (χ4n) is 2.75. The van der Waals surface area contributed by atoms with Crippen molar-refractivity contribution in [3.63, 3.8) is 0 Å². The molecule has 1 aliphatic rings. The van der Waals surface area contributed by atoms with Crippen molar-refractivity contribution < 1.29 is 4.79 Å². The van der Waals surface area contributed by atoms with Gasteiger partial charge in [-0.05, 0) is 57.3 Å². The van der Waals surface area contributed by atoms with Gasteiger partial charge in [-0.2, -0.15) is 0 Å². The summed E-state index contributed by atoms with van der Waals surface area (Å²) in [6, 6.07) is 8.44. The van der Waals surface area contributed by atoms with Crippen LogP contribution in [-0.4, -0.2) is 31.6 Å². The lowest BCUT2D eigenvalue weighted by molar-refractivity contribution is 0.0925. The Balaban J connectivity index is 1.98. The molecule has 1 amide bonds. The van der Waals surface area contributed by atoms with Gasteiger partial charge in [0.2, 0.25) is 0 Å². The zero-order chi connectivity index (χ0) is 14.4. The predicted octanol–water partition coefficient (Wildman–Crippen LogP) is 1.45. The van der Waals surface area contributed by atoms with E-state index >= 15 is 0 Å². The van der Waals surface area contributed by atoms with Crippen molar-refractivity contribution in [3.05, 3.63) is 35.4 Å². The Morgan fingerprint density at radius 2 is 1.95 bits per heavy atom. The maximum Gasteiger partial charge on any atom is 0.251 e. The molecule has 0 heterocycles. The summed E-state index contributed by atoms with van der Waals surface area (Å²) < 4.78 is 0. The Bertz CT molecular complexity index is 439. The van der Waals surface area contributed by atoms with Crippen LogP contribution in [0.1, 0.15) is 41.6 Å². The van der Waals surface area contributed by atoms with Crippen LogP contribution in [0.5, 0.6) is 0 Å². The Morgan fingerprint density at radius 1 is 1.25 bits per heavy atom. The van der Waals surface area contributed by atoms with Gasteiger partial charge in [0.05, 0.1) is 0 Å². The molecule has 4 N–H and O–H groups in total. The van der Waals surface area contributed by atoms with Crippen molar-refractivity contribution in [1.82, 2.24) is 10.6 Å². The van der Waals surface area contributed by atoms with Gasteiger partial charge in [-0.1, -0.05) is 18.2 Å². The second-order valence-electron chi connectivity index (χ2n) is 5.60. The van der Waals surface area contributed by atoms with Gasteiger partial charge in [0.25, 0.3) is 5.91 Å². The molecule has 1 aromatic rings. The van der Waals surface area contributed by atoms with Crippen molar-refractivity contribution in [2.75, 3.05) is 13.6 Å². The average molecular weight is 275 g/mol. The number of rotatable bonds is 5. The molecule has 2 rings (SSSR count). The van der Waals surface area contributed by atoms with E-state index in [4.69, 9.17) is 5.73 Å². The van der Waals surface area contributed by atoms with E-state index in [9.17, 15) is 4.79 Å². The zero-order valence-corrected chi connectivity index (χ0v) is 12.2. The first-order valence-electron chi connectivity index (χ1n) is 7.49. The van der Waals surface area contributed by atoms with Crippen LogP contribution in [0.2, 0.25) is 0 Å². The third-order valence-electron chi connectivity index (χ3n) is 4.01. The van der Waals surface area contributed by atoms with Crippen molar-refractivity contribution in [3.8, 4) is 0 Å². The van der Waals surface area contributed by atoms with E-state index < -0.39 is 0 Å². The standard InChI is InChI=1S/C16H25N3O/c1-18-11-10-12-4-2-3-5-15(12)16(20)19-14-8-6-13(17)7-9-14/h2-5,13-14,18H,6-11,17H2,1H3,(H,19,20). The number of hydrogen-bond donors (Lipinski definition) is 3. The number of benzene rings is 1. The minimum atomic E-state index is 0.0529. The van der Waals surface area contributed by atoms with Gasteiger partial charge in [0.1, 0.15) is 0 Å². The van der Waals surface area contributed by atoms with Crippen LogP contribution in [0.3, 0.4) is 0 Å². The molecule has 20 heavy (non-hydrogen) atoms. The van der Waals surface area contributed by atoms with Crippen molar-refractivity contribution in [1.29, 1.82) is 0 Å². The summed E-state index contributed by atoms with van der Waals surface area (Å²) in [6.45, 7) is 0.878. The minimum Gasteiger partial charge on any atom is -0.349 e. The molecule has 4 heteroatoms. The predicted molar refractivity (Wildman–Crippen MR) is 81.8 cm³/mol. The molecule has 1 saturated carbocycles. The highest BCUT2D eigenvalue weighted by Gasteiger charge is 2.21. The number of nitrogens with one attached hydrogen (secondary N) is 2. The molecular weight excluding hydrogens is 250 g/mol. The van der Waals surface area contributed by atoms with Gasteiger partial charge in [-0.25, -0.2) is 0 Å². The lowest BCUT2D eigenvalue weighted by atomic mass is 9.91. The summed E-state index contributed by atoms with van der Waals surface area (Å²) in [5, 5.41) is 6.28. The summed E-state index contributed by atoms with van der Waals surface area (Å²) in [4.78, 5) is 12.4. The van der Waals surface area contributed by atoms with Crippen molar-refractivity contribution >= 4 is 5.91 Å². The second kappa shape index (κ2) is 7.41. The summed E-state index contributed by atoms with van der Waals surface area (Å²) in [7, 11) is 1.92. The molecule has 1 aromatic carbocycles. The first-order chi connectivity index (χ1) is 9.70. The van der Waals surface area contributed by atoms with Gasteiger partial charge in [-0.3, -0.25) is 4.79 Å². The second-order valence-corrected chi connectivity index (χ2v) is 5.60. The number of carbonyl (C=O) groups excluding carboxylic acids is 1. The molecule has 110 valence electrons. The van der Waals surface area contributed by atoms with Gasteiger partial charge in [0.15, 0.2) is 0 Å². The summed E-state index contributed by atoms with van der Waals surface area (Å²) >= 11 is 0. The average Bonchev–Trinajstić information content (AvgIpc) is 2.47. The molecule has 0 saturated heterocycles. The fraction of sp³-hybridized carbons (Fsp3) is 0.562. The molecule has 1 aliphatic carbocycles. The van der Waals surface area contributed by atoms with Crippen LogP contribution in [0.25, 0.3) is 0 Å². The van der Waals surface area contributed by atoms with Crippen molar-refractivity contribution in [2.45, 2.75) is 44.2 Å². The lowest BCUT2D eigenvalue weighted by Gasteiger charge is -2.27. The van der Waals surface area contributed by atoms with Gasteiger partial charge < -0.3 is 16.4 Å².